The number of benzene rings is 1. The van der Waals surface area contributed by atoms with Crippen LogP contribution in [0, 0.1) is 6.92 Å². The van der Waals surface area contributed by atoms with Gasteiger partial charge < -0.3 is 14.2 Å². The number of fused-ring (bicyclic) bond motifs is 3. The molecule has 1 aromatic carbocycles. The van der Waals surface area contributed by atoms with Gasteiger partial charge in [-0.25, -0.2) is 17.8 Å². The summed E-state index contributed by atoms with van der Waals surface area (Å²) in [5.41, 5.74) is -2.69. The van der Waals surface area contributed by atoms with Crippen molar-refractivity contribution in [3.63, 3.8) is 0 Å². The molecule has 4 aromatic rings. The second-order valence-electron chi connectivity index (χ2n) is 14.1. The number of nitrogens with one attached hydrogen (secondary N) is 1. The van der Waals surface area contributed by atoms with Gasteiger partial charge in [-0.3, -0.25) is 18.9 Å². The van der Waals surface area contributed by atoms with Crippen molar-refractivity contribution in [1.29, 1.82) is 0 Å². The van der Waals surface area contributed by atoms with Crippen LogP contribution < -0.4 is 20.7 Å². The fourth-order valence-corrected chi connectivity index (χ4v) is 9.86. The first-order valence-electron chi connectivity index (χ1n) is 16.9. The summed E-state index contributed by atoms with van der Waals surface area (Å²) in [6, 6.07) is 6.19. The lowest BCUT2D eigenvalue weighted by molar-refractivity contribution is -0.124. The van der Waals surface area contributed by atoms with Crippen LogP contribution in [0.2, 0.25) is 0 Å². The standard InChI is InChI=1S/C33H36F2N6O8S2/c1-18-25-26(42)40(33(11-12-33)29(43)38-51(45,46)32(2)9-10-32)31(44)39(28(25)50-27(18)41-36-13-14-37-41)17-24(22-5-3-4-6-23(22)49-30(34)35)48-21-15-19-7-8-20(16-21)47-19/h3-6,13-14,19-21,24,30H,7-12,15-17H2,1-2H3,(H,38,43)/t19-,20+,21?,24?. The lowest BCUT2D eigenvalue weighted by Crippen LogP contribution is -2.53. The normalized spacial score (nSPS) is 23.7. The van der Waals surface area contributed by atoms with E-state index in [0.717, 1.165) is 28.7 Å². The Morgan fingerprint density at radius 2 is 1.76 bits per heavy atom. The molecule has 51 heavy (non-hydrogen) atoms. The molecule has 272 valence electrons. The number of alkyl halides is 2. The maximum absolute atomic E-state index is 14.8. The van der Waals surface area contributed by atoms with Gasteiger partial charge in [0.1, 0.15) is 27.2 Å². The predicted octanol–water partition coefficient (Wildman–Crippen LogP) is 3.67. The Morgan fingerprint density at radius 1 is 1.10 bits per heavy atom. The Hall–Kier alpha value is -4.00. The van der Waals surface area contributed by atoms with Crippen LogP contribution in [0.15, 0.2) is 46.2 Å². The van der Waals surface area contributed by atoms with Crippen molar-refractivity contribution < 1.29 is 36.2 Å². The van der Waals surface area contributed by atoms with Crippen LogP contribution >= 0.6 is 11.3 Å². The SMILES string of the molecule is Cc1c(-n2nccn2)sc2c1c(=O)n(C1(C(=O)NS(=O)(=O)C3(C)CC3)CC1)c(=O)n2CC(OC1C[C@H]2CC[C@@H](C1)O2)c1ccccc1OC(F)F. The van der Waals surface area contributed by atoms with Crippen LogP contribution in [-0.2, 0) is 36.4 Å². The Balaban J connectivity index is 1.29. The summed E-state index contributed by atoms with van der Waals surface area (Å²) in [6.45, 7) is -0.180. The van der Waals surface area contributed by atoms with E-state index in [1.54, 1.807) is 25.1 Å². The maximum Gasteiger partial charge on any atom is 0.387 e. The molecule has 4 aliphatic rings. The molecule has 2 saturated carbocycles. The molecule has 2 unspecified atom stereocenters. The van der Waals surface area contributed by atoms with Gasteiger partial charge in [-0.05, 0) is 71.3 Å². The van der Waals surface area contributed by atoms with Gasteiger partial charge in [-0.1, -0.05) is 29.5 Å². The van der Waals surface area contributed by atoms with Crippen molar-refractivity contribution in [2.45, 2.75) is 113 Å². The molecule has 0 radical (unpaired) electrons. The van der Waals surface area contributed by atoms with Crippen molar-refractivity contribution in [1.82, 2.24) is 28.9 Å². The highest BCUT2D eigenvalue weighted by atomic mass is 32.2. The zero-order valence-electron chi connectivity index (χ0n) is 27.8. The molecule has 3 aromatic heterocycles. The molecular weight excluding hydrogens is 711 g/mol. The molecule has 18 heteroatoms. The van der Waals surface area contributed by atoms with Gasteiger partial charge in [0, 0.05) is 11.1 Å². The van der Waals surface area contributed by atoms with Gasteiger partial charge in [-0.2, -0.15) is 19.0 Å². The number of nitrogens with zero attached hydrogens (tertiary/aromatic N) is 5. The van der Waals surface area contributed by atoms with E-state index in [2.05, 4.69) is 14.9 Å². The number of para-hydroxylation sites is 1. The fourth-order valence-electron chi connectivity index (χ4n) is 7.32. The summed E-state index contributed by atoms with van der Waals surface area (Å²) in [6.07, 6.45) is 5.31. The van der Waals surface area contributed by atoms with Crippen LogP contribution in [-0.4, -0.2) is 68.1 Å². The molecule has 8 rings (SSSR count). The van der Waals surface area contributed by atoms with E-state index in [9.17, 15) is 31.6 Å². The average Bonchev–Trinajstić information content (AvgIpc) is 3.89. The minimum atomic E-state index is -4.09. The number of hydrogen-bond donors (Lipinski definition) is 1. The van der Waals surface area contributed by atoms with Gasteiger partial charge in [0.25, 0.3) is 11.5 Å². The number of ether oxygens (including phenoxy) is 3. The molecule has 2 saturated heterocycles. The third-order valence-electron chi connectivity index (χ3n) is 10.6. The highest BCUT2D eigenvalue weighted by Gasteiger charge is 2.58. The lowest BCUT2D eigenvalue weighted by atomic mass is 10.0. The summed E-state index contributed by atoms with van der Waals surface area (Å²) >= 11 is 1.08. The van der Waals surface area contributed by atoms with Crippen LogP contribution in [0.3, 0.4) is 0 Å². The summed E-state index contributed by atoms with van der Waals surface area (Å²) in [5, 5.41) is 8.99. The molecule has 14 nitrogen and oxygen atoms in total. The van der Waals surface area contributed by atoms with Gasteiger partial charge >= 0.3 is 12.3 Å². The summed E-state index contributed by atoms with van der Waals surface area (Å²) in [7, 11) is -4.09. The third-order valence-corrected chi connectivity index (χ3v) is 14.1. The maximum atomic E-state index is 14.8. The van der Waals surface area contributed by atoms with E-state index >= 15 is 0 Å². The van der Waals surface area contributed by atoms with Gasteiger partial charge in [0.2, 0.25) is 10.0 Å². The largest absolute Gasteiger partial charge is 0.434 e. The van der Waals surface area contributed by atoms with E-state index in [-0.39, 0.29) is 59.2 Å². The van der Waals surface area contributed by atoms with Crippen molar-refractivity contribution in [2.24, 2.45) is 0 Å². The first kappa shape index (κ1) is 34.1. The molecule has 4 atom stereocenters. The Kier molecular flexibility index (Phi) is 8.23. The number of thiophene rings is 1. The molecule has 1 N–H and O–H groups in total. The van der Waals surface area contributed by atoms with E-state index in [0.29, 0.717) is 36.2 Å². The van der Waals surface area contributed by atoms with Crippen LogP contribution in [0.1, 0.15) is 75.5 Å². The monoisotopic (exact) mass is 746 g/mol. The van der Waals surface area contributed by atoms with Crippen molar-refractivity contribution in [3.8, 4) is 10.8 Å². The van der Waals surface area contributed by atoms with Crippen LogP contribution in [0.4, 0.5) is 8.78 Å². The second-order valence-corrected chi connectivity index (χ2v) is 17.2. The zero-order chi connectivity index (χ0) is 35.9. The van der Waals surface area contributed by atoms with E-state index in [4.69, 9.17) is 14.2 Å². The molecule has 0 spiro atoms. The molecule has 1 amide bonds. The second kappa shape index (κ2) is 12.3. The number of carbonyl (C=O) groups is 1. The molecule has 2 aliphatic carbocycles. The number of sulfonamides is 1. The van der Waals surface area contributed by atoms with Crippen molar-refractivity contribution in [3.05, 3.63) is 68.6 Å². The summed E-state index contributed by atoms with van der Waals surface area (Å²) < 4.78 is 74.3. The summed E-state index contributed by atoms with van der Waals surface area (Å²) in [5.74, 6) is -1.09. The predicted molar refractivity (Wildman–Crippen MR) is 180 cm³/mol. The third kappa shape index (κ3) is 5.89. The topological polar surface area (TPSA) is 166 Å². The van der Waals surface area contributed by atoms with Crippen molar-refractivity contribution >= 4 is 37.5 Å². The van der Waals surface area contributed by atoms with E-state index in [1.807, 2.05) is 0 Å². The molecule has 5 heterocycles. The molecular formula is C33H36F2N6O8S2. The average molecular weight is 747 g/mol. The van der Waals surface area contributed by atoms with Crippen LogP contribution in [0.5, 0.6) is 5.75 Å². The number of amides is 1. The molecule has 2 bridgehead atoms. The highest BCUT2D eigenvalue weighted by molar-refractivity contribution is 7.91. The Bertz CT molecular complexity index is 2230. The van der Waals surface area contributed by atoms with Gasteiger partial charge in [0.15, 0.2) is 0 Å². The zero-order valence-corrected chi connectivity index (χ0v) is 29.4. The molecule has 2 aliphatic heterocycles. The minimum Gasteiger partial charge on any atom is -0.434 e. The number of hydrogen-bond acceptors (Lipinski definition) is 11. The number of halogens is 2. The number of aryl methyl sites for hydroxylation is 1. The Labute approximate surface area is 294 Å². The number of carbonyl (C=O) groups excluding carboxylic acids is 1. The Morgan fingerprint density at radius 3 is 2.39 bits per heavy atom. The minimum absolute atomic E-state index is 0.00946. The van der Waals surface area contributed by atoms with Crippen molar-refractivity contribution in [2.75, 3.05) is 0 Å². The fraction of sp³-hybridized carbons (Fsp3) is 0.545. The smallest absolute Gasteiger partial charge is 0.387 e. The lowest BCUT2D eigenvalue weighted by Gasteiger charge is -2.32. The van der Waals surface area contributed by atoms with E-state index in [1.165, 1.54) is 34.7 Å². The first-order chi connectivity index (χ1) is 24.3. The number of rotatable bonds is 12. The quantitative estimate of drug-likeness (QED) is 0.226. The highest BCUT2D eigenvalue weighted by Crippen LogP contribution is 2.46. The van der Waals surface area contributed by atoms with E-state index < -0.39 is 50.2 Å². The number of aromatic nitrogens is 5. The van der Waals surface area contributed by atoms with Gasteiger partial charge in [0.05, 0.1) is 47.4 Å². The first-order valence-corrected chi connectivity index (χ1v) is 19.2. The molecule has 4 fully saturated rings. The van der Waals surface area contributed by atoms with Gasteiger partial charge in [-0.15, -0.1) is 4.80 Å². The summed E-state index contributed by atoms with van der Waals surface area (Å²) in [4.78, 5) is 44.5. The van der Waals surface area contributed by atoms with Crippen LogP contribution in [0.25, 0.3) is 15.2 Å².